The summed E-state index contributed by atoms with van der Waals surface area (Å²) >= 11 is 0. The van der Waals surface area contributed by atoms with Crippen molar-refractivity contribution in [1.82, 2.24) is 0 Å². The van der Waals surface area contributed by atoms with Crippen molar-refractivity contribution in [2.24, 2.45) is 0 Å². The minimum absolute atomic E-state index is 0.213. The van der Waals surface area contributed by atoms with Gasteiger partial charge in [0.15, 0.2) is 11.6 Å². The van der Waals surface area contributed by atoms with Crippen LogP contribution in [-0.4, -0.2) is 11.6 Å². The minimum Gasteiger partial charge on any atom is -0.489 e. The Labute approximate surface area is 157 Å². The first-order chi connectivity index (χ1) is 13.1. The Morgan fingerprint density at radius 1 is 0.778 bits per heavy atom. The summed E-state index contributed by atoms with van der Waals surface area (Å²) in [5.41, 5.74) is 4.28. The quantitative estimate of drug-likeness (QED) is 0.487. The first kappa shape index (κ1) is 17.0. The van der Waals surface area contributed by atoms with Gasteiger partial charge in [-0.25, -0.2) is 0 Å². The van der Waals surface area contributed by atoms with Crippen molar-refractivity contribution in [3.05, 3.63) is 106 Å². The van der Waals surface area contributed by atoms with Crippen LogP contribution in [0.25, 0.3) is 6.08 Å². The van der Waals surface area contributed by atoms with Crippen LogP contribution in [0.5, 0.6) is 5.75 Å². The highest BCUT2D eigenvalue weighted by Crippen LogP contribution is 2.28. The molecule has 4 rings (SSSR count). The number of fused-ring (bicyclic) bond motifs is 1. The fraction of sp³-hybridized carbons (Fsp3) is 0.0833. The van der Waals surface area contributed by atoms with Crippen molar-refractivity contribution in [2.45, 2.75) is 13.5 Å². The van der Waals surface area contributed by atoms with E-state index in [-0.39, 0.29) is 17.1 Å². The molecule has 0 aromatic heterocycles. The molecule has 27 heavy (non-hydrogen) atoms. The van der Waals surface area contributed by atoms with E-state index >= 15 is 0 Å². The first-order valence-corrected chi connectivity index (χ1v) is 8.80. The number of allylic oxidation sites excluding steroid dienone is 1. The predicted molar refractivity (Wildman–Crippen MR) is 105 cm³/mol. The van der Waals surface area contributed by atoms with Crippen LogP contribution < -0.4 is 4.74 Å². The van der Waals surface area contributed by atoms with Crippen LogP contribution in [0.4, 0.5) is 0 Å². The molecule has 0 saturated heterocycles. The minimum atomic E-state index is -0.213. The van der Waals surface area contributed by atoms with E-state index in [0.29, 0.717) is 17.7 Å². The highest BCUT2D eigenvalue weighted by atomic mass is 16.5. The molecule has 0 bridgehead atoms. The lowest BCUT2D eigenvalue weighted by Gasteiger charge is -2.07. The number of hydrogen-bond acceptors (Lipinski definition) is 3. The van der Waals surface area contributed by atoms with E-state index in [1.54, 1.807) is 30.3 Å². The summed E-state index contributed by atoms with van der Waals surface area (Å²) in [6, 6.07) is 22.5. The molecule has 0 amide bonds. The van der Waals surface area contributed by atoms with Crippen molar-refractivity contribution < 1.29 is 14.3 Å². The Bertz CT molecular complexity index is 1000. The molecule has 0 heterocycles. The number of hydrogen-bond donors (Lipinski definition) is 0. The number of ether oxygens (including phenoxy) is 1. The van der Waals surface area contributed by atoms with E-state index in [0.717, 1.165) is 16.9 Å². The van der Waals surface area contributed by atoms with Gasteiger partial charge in [0.2, 0.25) is 0 Å². The largest absolute Gasteiger partial charge is 0.489 e. The topological polar surface area (TPSA) is 43.4 Å². The second kappa shape index (κ2) is 7.04. The van der Waals surface area contributed by atoms with Crippen LogP contribution in [0.2, 0.25) is 0 Å². The van der Waals surface area contributed by atoms with Gasteiger partial charge in [0.25, 0.3) is 0 Å². The zero-order valence-corrected chi connectivity index (χ0v) is 14.9. The number of rotatable bonds is 4. The molecular formula is C24H18O3. The lowest BCUT2D eigenvalue weighted by molar-refractivity contribution is 0.0990. The molecule has 1 aliphatic rings. The maximum atomic E-state index is 12.4. The molecule has 0 atom stereocenters. The van der Waals surface area contributed by atoms with Crippen LogP contribution in [0.3, 0.4) is 0 Å². The van der Waals surface area contributed by atoms with Crippen LogP contribution in [0.1, 0.15) is 37.4 Å². The summed E-state index contributed by atoms with van der Waals surface area (Å²) in [5, 5.41) is 0. The number of carbonyl (C=O) groups is 2. The van der Waals surface area contributed by atoms with Crippen molar-refractivity contribution in [1.29, 1.82) is 0 Å². The summed E-state index contributed by atoms with van der Waals surface area (Å²) in [6.45, 7) is 2.54. The normalized spacial score (nSPS) is 12.9. The maximum absolute atomic E-state index is 12.4. The van der Waals surface area contributed by atoms with E-state index in [2.05, 4.69) is 19.1 Å². The monoisotopic (exact) mass is 354 g/mol. The molecule has 0 unspecified atom stereocenters. The summed E-state index contributed by atoms with van der Waals surface area (Å²) in [5.74, 6) is 0.315. The fourth-order valence-corrected chi connectivity index (χ4v) is 3.08. The molecule has 0 saturated carbocycles. The number of ketones is 2. The highest BCUT2D eigenvalue weighted by Gasteiger charge is 2.32. The van der Waals surface area contributed by atoms with Gasteiger partial charge in [0, 0.05) is 11.1 Å². The zero-order valence-electron chi connectivity index (χ0n) is 14.9. The van der Waals surface area contributed by atoms with Crippen LogP contribution in [0, 0.1) is 6.92 Å². The third-order valence-electron chi connectivity index (χ3n) is 4.62. The van der Waals surface area contributed by atoms with Gasteiger partial charge < -0.3 is 4.74 Å². The summed E-state index contributed by atoms with van der Waals surface area (Å²) in [7, 11) is 0. The fourth-order valence-electron chi connectivity index (χ4n) is 3.08. The molecule has 1 aliphatic carbocycles. The van der Waals surface area contributed by atoms with E-state index in [4.69, 9.17) is 4.74 Å². The SMILES string of the molecule is Cc1ccc(COc2ccc(C=C3C(=O)c4ccccc4C3=O)cc2)cc1. The lowest BCUT2D eigenvalue weighted by atomic mass is 10.1. The van der Waals surface area contributed by atoms with E-state index < -0.39 is 0 Å². The average Bonchev–Trinajstić information content (AvgIpc) is 2.94. The summed E-state index contributed by atoms with van der Waals surface area (Å²) in [6.07, 6.45) is 1.65. The molecule has 3 aromatic rings. The van der Waals surface area contributed by atoms with Gasteiger partial charge in [-0.05, 0) is 36.3 Å². The summed E-state index contributed by atoms with van der Waals surface area (Å²) in [4.78, 5) is 24.9. The van der Waals surface area contributed by atoms with Gasteiger partial charge in [0.05, 0.1) is 5.57 Å². The Hall–Kier alpha value is -3.46. The average molecular weight is 354 g/mol. The zero-order chi connectivity index (χ0) is 18.8. The predicted octanol–water partition coefficient (Wildman–Crippen LogP) is 5.04. The molecular weight excluding hydrogens is 336 g/mol. The van der Waals surface area contributed by atoms with Gasteiger partial charge >= 0.3 is 0 Å². The van der Waals surface area contributed by atoms with Crippen molar-refractivity contribution in [2.75, 3.05) is 0 Å². The second-order valence-corrected chi connectivity index (χ2v) is 6.61. The van der Waals surface area contributed by atoms with E-state index in [9.17, 15) is 9.59 Å². The standard InChI is InChI=1S/C24H18O3/c1-16-6-8-18(9-7-16)15-27-19-12-10-17(11-13-19)14-22-23(25)20-4-2-3-5-21(20)24(22)26/h2-14H,15H2,1H3. The van der Waals surface area contributed by atoms with Crippen LogP contribution in [-0.2, 0) is 6.61 Å². The van der Waals surface area contributed by atoms with Gasteiger partial charge in [-0.2, -0.15) is 0 Å². The highest BCUT2D eigenvalue weighted by molar-refractivity contribution is 6.41. The maximum Gasteiger partial charge on any atom is 0.197 e. The third kappa shape index (κ3) is 3.44. The van der Waals surface area contributed by atoms with Crippen molar-refractivity contribution in [3.8, 4) is 5.75 Å². The van der Waals surface area contributed by atoms with Gasteiger partial charge in [-0.1, -0.05) is 66.2 Å². The Balaban J connectivity index is 1.48. The third-order valence-corrected chi connectivity index (χ3v) is 4.62. The van der Waals surface area contributed by atoms with E-state index in [1.807, 2.05) is 36.4 Å². The van der Waals surface area contributed by atoms with Crippen LogP contribution in [0.15, 0.2) is 78.4 Å². The van der Waals surface area contributed by atoms with Gasteiger partial charge in [0.1, 0.15) is 12.4 Å². The summed E-state index contributed by atoms with van der Waals surface area (Å²) < 4.78 is 5.80. The smallest absolute Gasteiger partial charge is 0.197 e. The number of benzene rings is 3. The number of aryl methyl sites for hydroxylation is 1. The Morgan fingerprint density at radius 2 is 1.37 bits per heavy atom. The van der Waals surface area contributed by atoms with Crippen molar-refractivity contribution >= 4 is 17.6 Å². The van der Waals surface area contributed by atoms with Crippen molar-refractivity contribution in [3.63, 3.8) is 0 Å². The number of carbonyl (C=O) groups excluding carboxylic acids is 2. The Morgan fingerprint density at radius 3 is 1.96 bits per heavy atom. The molecule has 0 radical (unpaired) electrons. The second-order valence-electron chi connectivity index (χ2n) is 6.61. The molecule has 0 fully saturated rings. The van der Waals surface area contributed by atoms with Crippen LogP contribution >= 0.6 is 0 Å². The Kier molecular flexibility index (Phi) is 4.43. The molecule has 0 spiro atoms. The lowest BCUT2D eigenvalue weighted by Crippen LogP contribution is -2.00. The molecule has 3 aromatic carbocycles. The molecule has 0 N–H and O–H groups in total. The van der Waals surface area contributed by atoms with Gasteiger partial charge in [-0.3, -0.25) is 9.59 Å². The molecule has 0 aliphatic heterocycles. The molecule has 3 nitrogen and oxygen atoms in total. The number of Topliss-reactive ketones (excluding diaryl/α,β-unsaturated/α-hetero) is 2. The van der Waals surface area contributed by atoms with E-state index in [1.165, 1.54) is 5.56 Å². The molecule has 132 valence electrons. The molecule has 3 heteroatoms. The van der Waals surface area contributed by atoms with Gasteiger partial charge in [-0.15, -0.1) is 0 Å². The first-order valence-electron chi connectivity index (χ1n) is 8.80.